The number of likely N-dealkylation sites (tertiary alicyclic amines) is 1. The smallest absolute Gasteiger partial charge is 0.0223 e. The molecule has 1 heterocycles. The van der Waals surface area contributed by atoms with Crippen molar-refractivity contribution in [2.24, 2.45) is 22.2 Å². The van der Waals surface area contributed by atoms with Gasteiger partial charge in [-0.2, -0.15) is 0 Å². The van der Waals surface area contributed by atoms with Gasteiger partial charge in [0.25, 0.3) is 0 Å². The lowest BCUT2D eigenvalue weighted by atomic mass is 9.29. The van der Waals surface area contributed by atoms with E-state index < -0.39 is 0 Å². The largest absolute Gasteiger partial charge is 0.287 e. The molecular weight excluding hydrogens is 386 g/mol. The molecule has 0 N–H and O–H groups in total. The van der Waals surface area contributed by atoms with Crippen LogP contribution in [0, 0.1) is 22.2 Å². The minimum atomic E-state index is 0.254. The summed E-state index contributed by atoms with van der Waals surface area (Å²) in [6.45, 7) is 30.7. The van der Waals surface area contributed by atoms with Crippen LogP contribution >= 0.6 is 0 Å². The molecule has 3 unspecified atom stereocenters. The lowest BCUT2D eigenvalue weighted by molar-refractivity contribution is -0.316. The first-order chi connectivity index (χ1) is 14.7. The predicted molar refractivity (Wildman–Crippen MR) is 144 cm³/mol. The summed E-state index contributed by atoms with van der Waals surface area (Å²) in [5.74, 6) is 0.775. The first-order valence-electron chi connectivity index (χ1n) is 14.5. The number of piperidine rings is 1. The Morgan fingerprint density at radius 3 is 1.69 bits per heavy atom. The Hall–Kier alpha value is -0.0400. The molecule has 1 aliphatic carbocycles. The maximum absolute atomic E-state index is 3.16. The third-order valence-corrected chi connectivity index (χ3v) is 11.3. The lowest BCUT2D eigenvalue weighted by Crippen LogP contribution is -2.81. The maximum Gasteiger partial charge on any atom is 0.0223 e. The molecule has 1 saturated carbocycles. The van der Waals surface area contributed by atoms with Crippen LogP contribution < -0.4 is 0 Å². The molecule has 0 aromatic heterocycles. The van der Waals surface area contributed by atoms with Crippen molar-refractivity contribution in [2.75, 3.05) is 0 Å². The van der Waals surface area contributed by atoms with Crippen molar-refractivity contribution in [3.63, 3.8) is 0 Å². The number of hydrogen-bond donors (Lipinski definition) is 0. The molecule has 1 nitrogen and oxygen atoms in total. The number of rotatable bonds is 11. The molecule has 1 heteroatoms. The summed E-state index contributed by atoms with van der Waals surface area (Å²) < 4.78 is 0. The lowest BCUT2D eigenvalue weighted by Gasteiger charge is -2.81. The fraction of sp³-hybridized carbons (Fsp3) is 1.00. The van der Waals surface area contributed by atoms with E-state index in [1.807, 2.05) is 0 Å². The summed E-state index contributed by atoms with van der Waals surface area (Å²) in [4.78, 5) is 3.16. The van der Waals surface area contributed by atoms with Gasteiger partial charge in [0.15, 0.2) is 0 Å². The summed E-state index contributed by atoms with van der Waals surface area (Å²) in [5.41, 5.74) is 2.09. The van der Waals surface area contributed by atoms with Crippen molar-refractivity contribution in [3.05, 3.63) is 0 Å². The normalized spacial score (nSPS) is 33.9. The van der Waals surface area contributed by atoms with Crippen LogP contribution in [-0.2, 0) is 0 Å². The van der Waals surface area contributed by atoms with Crippen molar-refractivity contribution in [2.45, 2.75) is 177 Å². The van der Waals surface area contributed by atoms with Crippen molar-refractivity contribution in [3.8, 4) is 0 Å². The number of hydrogen-bond acceptors (Lipinski definition) is 1. The van der Waals surface area contributed by atoms with E-state index in [-0.39, 0.29) is 16.6 Å². The SMILES string of the molecule is CCCCCC1C(C)(CC)N(C(C)(CC)CC)C(C)(CCCC)CC12C(C)(C)CC2(C)C. The minimum absolute atomic E-state index is 0.254. The van der Waals surface area contributed by atoms with Gasteiger partial charge in [-0.15, -0.1) is 0 Å². The van der Waals surface area contributed by atoms with Crippen LogP contribution in [0.2, 0.25) is 0 Å². The van der Waals surface area contributed by atoms with Crippen molar-refractivity contribution < 1.29 is 0 Å². The summed E-state index contributed by atoms with van der Waals surface area (Å²) in [5, 5.41) is 0. The summed E-state index contributed by atoms with van der Waals surface area (Å²) in [7, 11) is 0. The van der Waals surface area contributed by atoms with Crippen molar-refractivity contribution >= 4 is 0 Å². The van der Waals surface area contributed by atoms with Crippen LogP contribution in [0.4, 0.5) is 0 Å². The third kappa shape index (κ3) is 4.03. The topological polar surface area (TPSA) is 3.24 Å². The molecule has 2 rings (SSSR count). The van der Waals surface area contributed by atoms with Gasteiger partial charge in [0, 0.05) is 16.6 Å². The van der Waals surface area contributed by atoms with Crippen LogP contribution in [0.15, 0.2) is 0 Å². The molecule has 0 bridgehead atoms. The highest BCUT2D eigenvalue weighted by Gasteiger charge is 2.75. The molecule has 2 aliphatic rings. The van der Waals surface area contributed by atoms with Gasteiger partial charge in [0.2, 0.25) is 0 Å². The molecular formula is C31H61N. The van der Waals surface area contributed by atoms with Crippen molar-refractivity contribution in [1.29, 1.82) is 0 Å². The van der Waals surface area contributed by atoms with Gasteiger partial charge in [0.05, 0.1) is 0 Å². The van der Waals surface area contributed by atoms with Crippen LogP contribution in [-0.4, -0.2) is 21.5 Å². The Labute approximate surface area is 203 Å². The molecule has 1 saturated heterocycles. The van der Waals surface area contributed by atoms with E-state index in [4.69, 9.17) is 0 Å². The molecule has 2 fully saturated rings. The van der Waals surface area contributed by atoms with Crippen molar-refractivity contribution in [1.82, 2.24) is 4.90 Å². The molecule has 3 atom stereocenters. The molecule has 32 heavy (non-hydrogen) atoms. The van der Waals surface area contributed by atoms with E-state index in [1.165, 1.54) is 77.0 Å². The second-order valence-corrected chi connectivity index (χ2v) is 14.0. The Morgan fingerprint density at radius 1 is 0.750 bits per heavy atom. The Bertz CT molecular complexity index is 598. The maximum atomic E-state index is 3.16. The van der Waals surface area contributed by atoms with E-state index in [9.17, 15) is 0 Å². The van der Waals surface area contributed by atoms with Crippen LogP contribution in [0.25, 0.3) is 0 Å². The Balaban J connectivity index is 2.79. The van der Waals surface area contributed by atoms with Gasteiger partial charge in [-0.3, -0.25) is 4.90 Å². The average Bonchev–Trinajstić information content (AvgIpc) is 2.72. The molecule has 0 aromatic rings. The van der Waals surface area contributed by atoms with E-state index in [0.29, 0.717) is 16.2 Å². The second-order valence-electron chi connectivity index (χ2n) is 14.0. The van der Waals surface area contributed by atoms with E-state index >= 15 is 0 Å². The summed E-state index contributed by atoms with van der Waals surface area (Å²) in [6.07, 6.45) is 16.1. The standard InChI is InChI=1S/C31H61N/c1-13-18-20-21-25-30(12,17-5)32(28(10,15-3)16-4)29(11,22-19-14-2)24-31(25)26(6,7)23-27(31,8)9/h25H,13-24H2,1-12H3. The van der Waals surface area contributed by atoms with Crippen LogP contribution in [0.5, 0.6) is 0 Å². The number of unbranched alkanes of at least 4 members (excludes halogenated alkanes) is 3. The fourth-order valence-electron chi connectivity index (χ4n) is 9.91. The first kappa shape index (κ1) is 28.2. The minimum Gasteiger partial charge on any atom is -0.287 e. The first-order valence-corrected chi connectivity index (χ1v) is 14.5. The van der Waals surface area contributed by atoms with Gasteiger partial charge in [-0.1, -0.05) is 94.4 Å². The van der Waals surface area contributed by atoms with E-state index in [2.05, 4.69) is 88.0 Å². The average molecular weight is 448 g/mol. The van der Waals surface area contributed by atoms with Gasteiger partial charge in [-0.05, 0) is 87.9 Å². The zero-order valence-electron chi connectivity index (χ0n) is 24.5. The quantitative estimate of drug-likeness (QED) is 0.285. The molecule has 1 spiro atoms. The molecule has 0 radical (unpaired) electrons. The molecule has 1 aliphatic heterocycles. The highest BCUT2D eigenvalue weighted by molar-refractivity contribution is 5.26. The van der Waals surface area contributed by atoms with Gasteiger partial charge in [0.1, 0.15) is 0 Å². The third-order valence-electron chi connectivity index (χ3n) is 11.3. The zero-order valence-corrected chi connectivity index (χ0v) is 24.5. The van der Waals surface area contributed by atoms with Gasteiger partial charge in [-0.25, -0.2) is 0 Å². The van der Waals surface area contributed by atoms with Crippen LogP contribution in [0.3, 0.4) is 0 Å². The molecule has 0 amide bonds. The highest BCUT2D eigenvalue weighted by Crippen LogP contribution is 2.78. The molecule has 190 valence electrons. The van der Waals surface area contributed by atoms with E-state index in [0.717, 1.165) is 5.92 Å². The van der Waals surface area contributed by atoms with Gasteiger partial charge < -0.3 is 0 Å². The fourth-order valence-corrected chi connectivity index (χ4v) is 9.91. The van der Waals surface area contributed by atoms with Gasteiger partial charge >= 0.3 is 0 Å². The molecule has 0 aromatic carbocycles. The van der Waals surface area contributed by atoms with Crippen LogP contribution in [0.1, 0.15) is 160 Å². The summed E-state index contributed by atoms with van der Waals surface area (Å²) >= 11 is 0. The zero-order chi connectivity index (χ0) is 24.6. The highest BCUT2D eigenvalue weighted by atomic mass is 15.3. The van der Waals surface area contributed by atoms with E-state index in [1.54, 1.807) is 0 Å². The second kappa shape index (κ2) is 9.54. The Kier molecular flexibility index (Phi) is 8.41. The monoisotopic (exact) mass is 447 g/mol. The Morgan fingerprint density at radius 2 is 1.28 bits per heavy atom. The predicted octanol–water partition coefficient (Wildman–Crippen LogP) is 10.0. The number of nitrogens with zero attached hydrogens (tertiary/aromatic N) is 1. The summed E-state index contributed by atoms with van der Waals surface area (Å²) in [6, 6.07) is 0.